The molecule has 0 aliphatic heterocycles. The lowest BCUT2D eigenvalue weighted by Crippen LogP contribution is -2.10. The van der Waals surface area contributed by atoms with E-state index in [1.54, 1.807) is 39.8 Å². The Hall–Kier alpha value is -0.560. The van der Waals surface area contributed by atoms with Crippen molar-refractivity contribution in [1.29, 1.82) is 0 Å². The molecule has 0 bridgehead atoms. The Morgan fingerprint density at radius 3 is 1.90 bits per heavy atom. The molecule has 3 N–H and O–H groups in total. The van der Waals surface area contributed by atoms with Crippen molar-refractivity contribution >= 4 is 15.5 Å². The zero-order valence-corrected chi connectivity index (χ0v) is 19.6. The van der Waals surface area contributed by atoms with Gasteiger partial charge in [-0.15, -0.1) is 0 Å². The van der Waals surface area contributed by atoms with E-state index < -0.39 is 15.5 Å². The molecule has 0 spiro atoms. The van der Waals surface area contributed by atoms with E-state index in [4.69, 9.17) is 18.1 Å². The van der Waals surface area contributed by atoms with Crippen LogP contribution in [0.4, 0.5) is 0 Å². The molecule has 0 aliphatic rings. The molecule has 1 aromatic carbocycles. The fraction of sp³-hybridized carbons (Fsp3) is 0.684. The van der Waals surface area contributed by atoms with Gasteiger partial charge in [0.15, 0.2) is 0 Å². The number of aromatic hydroxyl groups is 1. The average molecular weight is 453 g/mol. The van der Waals surface area contributed by atoms with Gasteiger partial charge in [0.1, 0.15) is 11.9 Å². The van der Waals surface area contributed by atoms with Gasteiger partial charge in [-0.3, -0.25) is 4.57 Å². The number of hydrogen-bond donors (Lipinski definition) is 3. The van der Waals surface area contributed by atoms with E-state index in [-0.39, 0.29) is 44.3 Å². The van der Waals surface area contributed by atoms with E-state index in [2.05, 4.69) is 0 Å². The van der Waals surface area contributed by atoms with Crippen molar-refractivity contribution in [1.82, 2.24) is 0 Å². The van der Waals surface area contributed by atoms with Gasteiger partial charge in [-0.2, -0.15) is 13.9 Å². The number of rotatable bonds is 15. The maximum atomic E-state index is 12.7. The fourth-order valence-electron chi connectivity index (χ4n) is 2.95. The van der Waals surface area contributed by atoms with Gasteiger partial charge < -0.3 is 19.3 Å². The smallest absolute Gasteiger partial charge is 0.409 e. The maximum absolute atomic E-state index is 12.7. The minimum absolute atomic E-state index is 0.0429. The molecule has 0 fully saturated rings. The van der Waals surface area contributed by atoms with Crippen molar-refractivity contribution < 1.29 is 37.8 Å². The van der Waals surface area contributed by atoms with Crippen LogP contribution in [0.3, 0.4) is 0 Å². The third kappa shape index (κ3) is 8.60. The van der Waals surface area contributed by atoms with Crippen LogP contribution in [0.25, 0.3) is 0 Å². The van der Waals surface area contributed by atoms with E-state index in [1.807, 2.05) is 0 Å². The summed E-state index contributed by atoms with van der Waals surface area (Å²) < 4.78 is 34.1. The first-order chi connectivity index (χ1) is 13.8. The summed E-state index contributed by atoms with van der Waals surface area (Å²) in [5, 5.41) is 20.3. The van der Waals surface area contributed by atoms with Crippen LogP contribution < -0.4 is 0 Å². The van der Waals surface area contributed by atoms with Crippen molar-refractivity contribution in [2.24, 2.45) is 0 Å². The number of hydrogen-bond acceptors (Lipinski definition) is 8. The Labute approximate surface area is 174 Å². The fourth-order valence-corrected chi connectivity index (χ4v) is 6.25. The SMILES string of the molecule is CCOP(=O)(CCc1cc(CO)cc(CC[P+](O)(OCC)OCC)c1O)OCC. The summed E-state index contributed by atoms with van der Waals surface area (Å²) in [6, 6.07) is 3.36. The van der Waals surface area contributed by atoms with Crippen molar-refractivity contribution in [3.05, 3.63) is 28.8 Å². The van der Waals surface area contributed by atoms with Gasteiger partial charge in [0, 0.05) is 6.42 Å². The van der Waals surface area contributed by atoms with Crippen LogP contribution >= 0.6 is 15.5 Å². The minimum Gasteiger partial charge on any atom is -0.507 e. The van der Waals surface area contributed by atoms with Gasteiger partial charge in [-0.25, -0.2) is 0 Å². The molecule has 10 heteroatoms. The highest BCUT2D eigenvalue weighted by Crippen LogP contribution is 2.57. The van der Waals surface area contributed by atoms with Crippen LogP contribution in [-0.4, -0.2) is 53.9 Å². The Morgan fingerprint density at radius 2 is 1.45 bits per heavy atom. The second kappa shape index (κ2) is 13.0. The number of phenols is 1. The highest BCUT2D eigenvalue weighted by molar-refractivity contribution is 7.60. The molecule has 8 nitrogen and oxygen atoms in total. The van der Waals surface area contributed by atoms with Gasteiger partial charge in [-0.1, -0.05) is 0 Å². The summed E-state index contributed by atoms with van der Waals surface area (Å²) >= 11 is 0. The molecular weight excluding hydrogens is 418 g/mol. The van der Waals surface area contributed by atoms with Crippen molar-refractivity contribution in [3.63, 3.8) is 0 Å². The molecule has 29 heavy (non-hydrogen) atoms. The molecular formula is C19H35O8P2+. The monoisotopic (exact) mass is 453 g/mol. The molecule has 0 saturated heterocycles. The van der Waals surface area contributed by atoms with E-state index in [9.17, 15) is 19.7 Å². The molecule has 168 valence electrons. The molecule has 0 amide bonds. The van der Waals surface area contributed by atoms with Crippen LogP contribution in [-0.2, 0) is 42.1 Å². The minimum atomic E-state index is -3.25. The Kier molecular flexibility index (Phi) is 11.9. The molecule has 0 atom stereocenters. The molecule has 0 unspecified atom stereocenters. The maximum Gasteiger partial charge on any atom is 0.409 e. The third-order valence-corrected chi connectivity index (χ3v) is 8.33. The average Bonchev–Trinajstić information content (AvgIpc) is 2.67. The summed E-state index contributed by atoms with van der Waals surface area (Å²) in [6.45, 7) is 8.02. The van der Waals surface area contributed by atoms with Gasteiger partial charge in [-0.05, 0) is 62.9 Å². The lowest BCUT2D eigenvalue weighted by atomic mass is 10.0. The molecule has 0 aromatic heterocycles. The normalized spacial score (nSPS) is 12.5. The Bertz CT molecular complexity index is 652. The zero-order valence-electron chi connectivity index (χ0n) is 17.8. The third-order valence-electron chi connectivity index (χ3n) is 4.14. The number of aliphatic hydroxyl groups is 1. The van der Waals surface area contributed by atoms with Crippen LogP contribution in [0.1, 0.15) is 44.4 Å². The van der Waals surface area contributed by atoms with Gasteiger partial charge in [0.2, 0.25) is 0 Å². The summed E-state index contributed by atoms with van der Waals surface area (Å²) in [5.41, 5.74) is 1.72. The topological polar surface area (TPSA) is 115 Å². The lowest BCUT2D eigenvalue weighted by Gasteiger charge is -2.19. The molecule has 0 radical (unpaired) electrons. The quantitative estimate of drug-likeness (QED) is 0.341. The van der Waals surface area contributed by atoms with Crippen LogP contribution in [0.5, 0.6) is 5.75 Å². The predicted octanol–water partition coefficient (Wildman–Crippen LogP) is 4.06. The van der Waals surface area contributed by atoms with E-state index in [0.29, 0.717) is 36.3 Å². The van der Waals surface area contributed by atoms with E-state index >= 15 is 0 Å². The first-order valence-corrected chi connectivity index (χ1v) is 13.5. The molecule has 0 aliphatic carbocycles. The van der Waals surface area contributed by atoms with Crippen molar-refractivity contribution in [2.45, 2.75) is 47.1 Å². The van der Waals surface area contributed by atoms with Crippen molar-refractivity contribution in [2.75, 3.05) is 38.8 Å². The summed E-state index contributed by atoms with van der Waals surface area (Å²) in [6.07, 6.45) is 0.907. The standard InChI is InChI=1S/C19H34O8P2/c1-5-24-28(22,25-6-2)11-9-17-13-16(15-20)14-18(19(17)21)10-12-29(23,26-7-3)27-8-4/h13-14,20,22H,5-12,15H2,1-4H3/p+1. The Morgan fingerprint density at radius 1 is 0.931 bits per heavy atom. The van der Waals surface area contributed by atoms with Gasteiger partial charge in [0.25, 0.3) is 0 Å². The van der Waals surface area contributed by atoms with Crippen molar-refractivity contribution in [3.8, 4) is 5.75 Å². The molecule has 0 heterocycles. The Balaban J connectivity index is 3.03. The number of phenolic OH excluding ortho intramolecular Hbond substituents is 1. The predicted molar refractivity (Wildman–Crippen MR) is 114 cm³/mol. The van der Waals surface area contributed by atoms with E-state index in [0.717, 1.165) is 0 Å². The number of aliphatic hydroxyl groups excluding tert-OH is 1. The van der Waals surface area contributed by atoms with Gasteiger partial charge >= 0.3 is 15.5 Å². The summed E-state index contributed by atoms with van der Waals surface area (Å²) in [4.78, 5) is 10.6. The highest BCUT2D eigenvalue weighted by atomic mass is 31.2. The first-order valence-electron chi connectivity index (χ1n) is 9.98. The lowest BCUT2D eigenvalue weighted by molar-refractivity contribution is 0.190. The number of aryl methyl sites for hydroxylation is 2. The van der Waals surface area contributed by atoms with Gasteiger partial charge in [0.05, 0.1) is 39.2 Å². The molecule has 1 rings (SSSR count). The highest BCUT2D eigenvalue weighted by Gasteiger charge is 2.39. The van der Waals surface area contributed by atoms with E-state index in [1.165, 1.54) is 0 Å². The van der Waals surface area contributed by atoms with Crippen LogP contribution in [0, 0.1) is 0 Å². The second-order valence-electron chi connectivity index (χ2n) is 6.29. The first kappa shape index (κ1) is 26.5. The zero-order chi connectivity index (χ0) is 21.9. The second-order valence-corrected chi connectivity index (χ2v) is 10.7. The largest absolute Gasteiger partial charge is 0.507 e. The van der Waals surface area contributed by atoms with Crippen LogP contribution in [0.15, 0.2) is 12.1 Å². The summed E-state index contributed by atoms with van der Waals surface area (Å²) in [7, 11) is -6.26. The summed E-state index contributed by atoms with van der Waals surface area (Å²) in [5.74, 6) is 0.0429. The number of benzene rings is 1. The van der Waals surface area contributed by atoms with Crippen LogP contribution in [0.2, 0.25) is 0 Å². The molecule has 1 aromatic rings. The molecule has 0 saturated carbocycles.